The van der Waals surface area contributed by atoms with Crippen LogP contribution in [0, 0.1) is 6.92 Å². The van der Waals surface area contributed by atoms with Crippen LogP contribution in [0.2, 0.25) is 0 Å². The van der Waals surface area contributed by atoms with Gasteiger partial charge < -0.3 is 10.3 Å². The molecule has 0 aliphatic carbocycles. The molecule has 0 aromatic carbocycles. The van der Waals surface area contributed by atoms with Gasteiger partial charge in [0.25, 0.3) is 0 Å². The smallest absolute Gasteiger partial charge is 0.243 e. The molecule has 90 valence electrons. The van der Waals surface area contributed by atoms with Crippen LogP contribution in [0.25, 0.3) is 11.5 Å². The Hall–Kier alpha value is -1.75. The molecule has 0 aliphatic rings. The summed E-state index contributed by atoms with van der Waals surface area (Å²) in [7, 11) is 0. The van der Waals surface area contributed by atoms with Crippen LogP contribution in [0.4, 0.5) is 0 Å². The molecule has 1 unspecified atom stereocenters. The lowest BCUT2D eigenvalue weighted by atomic mass is 10.2. The van der Waals surface area contributed by atoms with Gasteiger partial charge in [0.2, 0.25) is 11.7 Å². The number of rotatable bonds is 4. The van der Waals surface area contributed by atoms with Crippen LogP contribution in [-0.4, -0.2) is 15.1 Å². The first-order chi connectivity index (χ1) is 8.20. The molecule has 0 aliphatic heterocycles. The Morgan fingerprint density at radius 1 is 1.47 bits per heavy atom. The lowest BCUT2D eigenvalue weighted by Crippen LogP contribution is -2.09. The maximum Gasteiger partial charge on any atom is 0.243 e. The molecule has 0 saturated carbocycles. The summed E-state index contributed by atoms with van der Waals surface area (Å²) in [6.45, 7) is 4.06. The maximum absolute atomic E-state index is 5.91. The highest BCUT2D eigenvalue weighted by Gasteiger charge is 2.15. The van der Waals surface area contributed by atoms with Crippen molar-refractivity contribution in [1.82, 2.24) is 15.1 Å². The van der Waals surface area contributed by atoms with Gasteiger partial charge in [-0.05, 0) is 31.0 Å². The third kappa shape index (κ3) is 2.68. The molecule has 0 bridgehead atoms. The van der Waals surface area contributed by atoms with E-state index in [1.807, 2.05) is 19.1 Å². The second-order valence-electron chi connectivity index (χ2n) is 4.07. The number of aromatic nitrogens is 3. The molecular formula is C12H16N4O. The molecule has 2 heterocycles. The van der Waals surface area contributed by atoms with Crippen LogP contribution >= 0.6 is 0 Å². The van der Waals surface area contributed by atoms with Crippen LogP contribution in [-0.2, 0) is 0 Å². The van der Waals surface area contributed by atoms with Gasteiger partial charge in [-0.1, -0.05) is 18.5 Å². The Morgan fingerprint density at radius 2 is 2.29 bits per heavy atom. The largest absolute Gasteiger partial charge is 0.337 e. The fraction of sp³-hybridized carbons (Fsp3) is 0.417. The molecule has 2 aromatic heterocycles. The summed E-state index contributed by atoms with van der Waals surface area (Å²) in [6.07, 6.45) is 3.55. The molecule has 0 fully saturated rings. The van der Waals surface area contributed by atoms with Gasteiger partial charge in [-0.3, -0.25) is 4.98 Å². The van der Waals surface area contributed by atoms with Gasteiger partial charge in [0.05, 0.1) is 6.04 Å². The van der Waals surface area contributed by atoms with Crippen LogP contribution < -0.4 is 5.73 Å². The Morgan fingerprint density at radius 3 is 3.00 bits per heavy atom. The van der Waals surface area contributed by atoms with Crippen molar-refractivity contribution in [2.24, 2.45) is 5.73 Å². The normalized spacial score (nSPS) is 12.6. The minimum atomic E-state index is -0.189. The first-order valence-electron chi connectivity index (χ1n) is 5.73. The van der Waals surface area contributed by atoms with Gasteiger partial charge in [-0.2, -0.15) is 4.98 Å². The summed E-state index contributed by atoms with van der Waals surface area (Å²) >= 11 is 0. The van der Waals surface area contributed by atoms with Gasteiger partial charge in [0, 0.05) is 6.20 Å². The van der Waals surface area contributed by atoms with Crippen molar-refractivity contribution < 1.29 is 4.52 Å². The SMILES string of the molecule is CCCC(N)c1nc(-c2cc(C)ccn2)no1. The summed E-state index contributed by atoms with van der Waals surface area (Å²) in [5, 5.41) is 3.90. The topological polar surface area (TPSA) is 77.8 Å². The van der Waals surface area contributed by atoms with Crippen LogP contribution in [0.15, 0.2) is 22.9 Å². The monoisotopic (exact) mass is 232 g/mol. The lowest BCUT2D eigenvalue weighted by Gasteiger charge is -2.02. The first-order valence-corrected chi connectivity index (χ1v) is 5.73. The van der Waals surface area contributed by atoms with Gasteiger partial charge in [-0.15, -0.1) is 0 Å². The molecule has 5 nitrogen and oxygen atoms in total. The average molecular weight is 232 g/mol. The quantitative estimate of drug-likeness (QED) is 0.874. The maximum atomic E-state index is 5.91. The molecule has 0 saturated heterocycles. The number of hydrogen-bond acceptors (Lipinski definition) is 5. The van der Waals surface area contributed by atoms with Gasteiger partial charge in [0.1, 0.15) is 5.69 Å². The van der Waals surface area contributed by atoms with E-state index < -0.39 is 0 Å². The predicted molar refractivity (Wildman–Crippen MR) is 64.1 cm³/mol. The van der Waals surface area contributed by atoms with Crippen molar-refractivity contribution in [3.05, 3.63) is 29.8 Å². The third-order valence-electron chi connectivity index (χ3n) is 2.50. The van der Waals surface area contributed by atoms with Crippen molar-refractivity contribution in [3.63, 3.8) is 0 Å². The molecule has 2 aromatic rings. The molecule has 2 rings (SSSR count). The van der Waals surface area contributed by atoms with Crippen molar-refractivity contribution in [1.29, 1.82) is 0 Å². The zero-order valence-corrected chi connectivity index (χ0v) is 10.1. The minimum Gasteiger partial charge on any atom is -0.337 e. The summed E-state index contributed by atoms with van der Waals surface area (Å²) in [6, 6.07) is 3.65. The third-order valence-corrected chi connectivity index (χ3v) is 2.50. The van der Waals surface area contributed by atoms with E-state index >= 15 is 0 Å². The van der Waals surface area contributed by atoms with E-state index in [-0.39, 0.29) is 6.04 Å². The number of hydrogen-bond donors (Lipinski definition) is 1. The van der Waals surface area contributed by atoms with Crippen molar-refractivity contribution in [2.45, 2.75) is 32.7 Å². The molecule has 2 N–H and O–H groups in total. The van der Waals surface area contributed by atoms with E-state index in [9.17, 15) is 0 Å². The van der Waals surface area contributed by atoms with Gasteiger partial charge in [0.15, 0.2) is 0 Å². The molecular weight excluding hydrogens is 216 g/mol. The minimum absolute atomic E-state index is 0.189. The Bertz CT molecular complexity index is 495. The van der Waals surface area contributed by atoms with Crippen molar-refractivity contribution in [3.8, 4) is 11.5 Å². The highest BCUT2D eigenvalue weighted by Crippen LogP contribution is 2.18. The summed E-state index contributed by atoms with van der Waals surface area (Å²) in [5.74, 6) is 0.973. The van der Waals surface area contributed by atoms with E-state index in [0.717, 1.165) is 18.4 Å². The fourth-order valence-corrected chi connectivity index (χ4v) is 1.58. The zero-order chi connectivity index (χ0) is 12.3. The van der Waals surface area contributed by atoms with Crippen LogP contribution in [0.1, 0.15) is 37.3 Å². The summed E-state index contributed by atoms with van der Waals surface area (Å²) in [4.78, 5) is 8.48. The molecule has 0 amide bonds. The van der Waals surface area contributed by atoms with Crippen LogP contribution in [0.3, 0.4) is 0 Å². The highest BCUT2D eigenvalue weighted by atomic mass is 16.5. The zero-order valence-electron chi connectivity index (χ0n) is 10.1. The van der Waals surface area contributed by atoms with E-state index in [1.54, 1.807) is 6.20 Å². The standard InChI is InChI=1S/C12H16N4O/c1-3-4-9(13)12-15-11(16-17-12)10-7-8(2)5-6-14-10/h5-7,9H,3-4,13H2,1-2H3. The molecule has 17 heavy (non-hydrogen) atoms. The second-order valence-corrected chi connectivity index (χ2v) is 4.07. The van der Waals surface area contributed by atoms with E-state index in [4.69, 9.17) is 10.3 Å². The lowest BCUT2D eigenvalue weighted by molar-refractivity contribution is 0.348. The Balaban J connectivity index is 2.23. The van der Waals surface area contributed by atoms with E-state index in [1.165, 1.54) is 0 Å². The van der Waals surface area contributed by atoms with Crippen molar-refractivity contribution in [2.75, 3.05) is 0 Å². The van der Waals surface area contributed by atoms with Gasteiger partial charge in [-0.25, -0.2) is 0 Å². The number of pyridine rings is 1. The first kappa shape index (κ1) is 11.7. The molecule has 0 spiro atoms. The number of nitrogens with zero attached hydrogens (tertiary/aromatic N) is 3. The molecule has 1 atom stereocenters. The van der Waals surface area contributed by atoms with Crippen LogP contribution in [0.5, 0.6) is 0 Å². The molecule has 0 radical (unpaired) electrons. The summed E-state index contributed by atoms with van der Waals surface area (Å²) in [5.41, 5.74) is 7.73. The fourth-order valence-electron chi connectivity index (χ4n) is 1.58. The predicted octanol–water partition coefficient (Wildman–Crippen LogP) is 2.24. The van der Waals surface area contributed by atoms with E-state index in [0.29, 0.717) is 17.4 Å². The number of nitrogens with two attached hydrogens (primary N) is 1. The second kappa shape index (κ2) is 5.05. The average Bonchev–Trinajstić information content (AvgIpc) is 2.78. The number of aryl methyl sites for hydroxylation is 1. The molecule has 5 heteroatoms. The Kier molecular flexibility index (Phi) is 3.49. The summed E-state index contributed by atoms with van der Waals surface area (Å²) < 4.78 is 5.15. The highest BCUT2D eigenvalue weighted by molar-refractivity contribution is 5.48. The van der Waals surface area contributed by atoms with Gasteiger partial charge >= 0.3 is 0 Å². The Labute approximate surface area is 100 Å². The van der Waals surface area contributed by atoms with Crippen molar-refractivity contribution >= 4 is 0 Å². The van der Waals surface area contributed by atoms with E-state index in [2.05, 4.69) is 22.0 Å².